The third-order valence-corrected chi connectivity index (χ3v) is 2.61. The van der Waals surface area contributed by atoms with Crippen LogP contribution in [0.3, 0.4) is 0 Å². The Labute approximate surface area is 92.6 Å². The van der Waals surface area contributed by atoms with Gasteiger partial charge in [-0.25, -0.2) is 4.68 Å². The van der Waals surface area contributed by atoms with Crippen molar-refractivity contribution < 1.29 is 0 Å². The summed E-state index contributed by atoms with van der Waals surface area (Å²) < 4.78 is 1.34. The summed E-state index contributed by atoms with van der Waals surface area (Å²) in [5.74, 6) is 0.526. The molecule has 0 spiro atoms. The van der Waals surface area contributed by atoms with Gasteiger partial charge in [-0.05, 0) is 12.3 Å². The molecule has 0 aliphatic heterocycles. The fraction of sp³-hybridized carbons (Fsp3) is 0.556. The molecular formula is C9H12Cl2N2O. The Morgan fingerprint density at radius 1 is 1.50 bits per heavy atom. The average molecular weight is 235 g/mol. The molecular weight excluding hydrogens is 223 g/mol. The molecule has 0 bridgehead atoms. The number of hydrogen-bond acceptors (Lipinski definition) is 2. The van der Waals surface area contributed by atoms with Crippen LogP contribution in [0, 0.1) is 5.92 Å². The molecule has 0 amide bonds. The topological polar surface area (TPSA) is 34.9 Å². The van der Waals surface area contributed by atoms with Gasteiger partial charge in [0.2, 0.25) is 0 Å². The first-order valence-corrected chi connectivity index (χ1v) is 5.19. The average Bonchev–Trinajstić information content (AvgIpc) is 2.13. The van der Waals surface area contributed by atoms with Gasteiger partial charge in [0.15, 0.2) is 0 Å². The first-order chi connectivity index (χ1) is 6.52. The number of halogens is 2. The maximum atomic E-state index is 11.5. The zero-order valence-electron chi connectivity index (χ0n) is 8.13. The molecule has 5 heteroatoms. The van der Waals surface area contributed by atoms with Crippen LogP contribution in [-0.2, 0) is 6.54 Å². The number of rotatable bonds is 3. The minimum atomic E-state index is -0.320. The summed E-state index contributed by atoms with van der Waals surface area (Å²) >= 11 is 11.3. The van der Waals surface area contributed by atoms with Crippen LogP contribution < -0.4 is 5.56 Å². The molecule has 1 aromatic rings. The Bertz CT molecular complexity index is 374. The van der Waals surface area contributed by atoms with Gasteiger partial charge in [0.05, 0.1) is 11.2 Å². The van der Waals surface area contributed by atoms with E-state index in [1.807, 2.05) is 0 Å². The van der Waals surface area contributed by atoms with Crippen LogP contribution in [0.25, 0.3) is 0 Å². The highest BCUT2D eigenvalue weighted by Crippen LogP contribution is 2.14. The Hall–Kier alpha value is -0.540. The molecule has 78 valence electrons. The lowest BCUT2D eigenvalue weighted by atomic mass is 10.1. The van der Waals surface area contributed by atoms with Crippen LogP contribution in [0.4, 0.5) is 0 Å². The lowest BCUT2D eigenvalue weighted by Gasteiger charge is -2.06. The number of aryl methyl sites for hydroxylation is 1. The van der Waals surface area contributed by atoms with E-state index in [1.54, 1.807) is 0 Å². The minimum absolute atomic E-state index is 0.0467. The summed E-state index contributed by atoms with van der Waals surface area (Å²) in [7, 11) is 0. The van der Waals surface area contributed by atoms with E-state index in [9.17, 15) is 4.79 Å². The number of aromatic nitrogens is 2. The highest BCUT2D eigenvalue weighted by molar-refractivity contribution is 6.41. The van der Waals surface area contributed by atoms with Crippen molar-refractivity contribution >= 4 is 23.2 Å². The van der Waals surface area contributed by atoms with E-state index < -0.39 is 0 Å². The van der Waals surface area contributed by atoms with E-state index in [-0.39, 0.29) is 15.6 Å². The summed E-state index contributed by atoms with van der Waals surface area (Å²) in [5, 5.41) is 4.15. The highest BCUT2D eigenvalue weighted by Gasteiger charge is 2.07. The molecule has 0 atom stereocenters. The van der Waals surface area contributed by atoms with Crippen molar-refractivity contribution in [2.75, 3.05) is 0 Å². The summed E-state index contributed by atoms with van der Waals surface area (Å²) in [6.07, 6.45) is 2.29. The zero-order valence-corrected chi connectivity index (χ0v) is 9.64. The normalized spacial score (nSPS) is 10.9. The van der Waals surface area contributed by atoms with E-state index in [1.165, 1.54) is 10.9 Å². The van der Waals surface area contributed by atoms with Crippen LogP contribution in [0.2, 0.25) is 10.0 Å². The fourth-order valence-electron chi connectivity index (χ4n) is 0.985. The summed E-state index contributed by atoms with van der Waals surface area (Å²) in [6, 6.07) is 0. The van der Waals surface area contributed by atoms with Gasteiger partial charge in [0.1, 0.15) is 5.02 Å². The molecule has 0 saturated carbocycles. The van der Waals surface area contributed by atoms with Crippen molar-refractivity contribution in [3.8, 4) is 0 Å². The molecule has 0 aromatic carbocycles. The summed E-state index contributed by atoms with van der Waals surface area (Å²) in [4.78, 5) is 11.5. The number of hydrogen-bond donors (Lipinski definition) is 0. The van der Waals surface area contributed by atoms with E-state index >= 15 is 0 Å². The summed E-state index contributed by atoms with van der Waals surface area (Å²) in [6.45, 7) is 4.75. The monoisotopic (exact) mass is 234 g/mol. The molecule has 0 fully saturated rings. The zero-order chi connectivity index (χ0) is 10.7. The Balaban J connectivity index is 2.89. The van der Waals surface area contributed by atoms with Gasteiger partial charge in [0.25, 0.3) is 5.56 Å². The van der Waals surface area contributed by atoms with Gasteiger partial charge >= 0.3 is 0 Å². The molecule has 1 heterocycles. The van der Waals surface area contributed by atoms with Gasteiger partial charge in [-0.15, -0.1) is 0 Å². The quantitative estimate of drug-likeness (QED) is 0.807. The molecule has 0 unspecified atom stereocenters. The smallest absolute Gasteiger partial charge is 0.266 e. The molecule has 1 rings (SSSR count). The third-order valence-electron chi connectivity index (χ3n) is 1.86. The van der Waals surface area contributed by atoms with E-state index in [4.69, 9.17) is 23.2 Å². The second-order valence-corrected chi connectivity index (χ2v) is 4.30. The standard InChI is InChI=1S/C9H12Cl2N2O/c1-6(2)3-4-13-9(14)8(11)7(10)5-12-13/h5-6H,3-4H2,1-2H3. The maximum Gasteiger partial charge on any atom is 0.287 e. The van der Waals surface area contributed by atoms with Gasteiger partial charge in [-0.1, -0.05) is 37.0 Å². The van der Waals surface area contributed by atoms with Crippen LogP contribution in [-0.4, -0.2) is 9.78 Å². The van der Waals surface area contributed by atoms with Crippen LogP contribution >= 0.6 is 23.2 Å². The van der Waals surface area contributed by atoms with E-state index in [0.29, 0.717) is 12.5 Å². The predicted octanol–water partition coefficient (Wildman–Crippen LogP) is 2.60. The second-order valence-electron chi connectivity index (χ2n) is 3.52. The maximum absolute atomic E-state index is 11.5. The van der Waals surface area contributed by atoms with Gasteiger partial charge in [0, 0.05) is 6.54 Å². The largest absolute Gasteiger partial charge is 0.287 e. The van der Waals surface area contributed by atoms with Crippen LogP contribution in [0.1, 0.15) is 20.3 Å². The SMILES string of the molecule is CC(C)CCn1ncc(Cl)c(Cl)c1=O. The van der Waals surface area contributed by atoms with Crippen molar-refractivity contribution in [3.63, 3.8) is 0 Å². The molecule has 0 saturated heterocycles. The van der Waals surface area contributed by atoms with Gasteiger partial charge in [-0.3, -0.25) is 4.79 Å². The van der Waals surface area contributed by atoms with E-state index in [0.717, 1.165) is 6.42 Å². The molecule has 0 aliphatic carbocycles. The van der Waals surface area contributed by atoms with Gasteiger partial charge < -0.3 is 0 Å². The lowest BCUT2D eigenvalue weighted by molar-refractivity contribution is 0.471. The predicted molar refractivity (Wildman–Crippen MR) is 58.0 cm³/mol. The molecule has 0 N–H and O–H groups in total. The molecule has 0 radical (unpaired) electrons. The van der Waals surface area contributed by atoms with Crippen LogP contribution in [0.15, 0.2) is 11.0 Å². The number of nitrogens with zero attached hydrogens (tertiary/aromatic N) is 2. The first-order valence-electron chi connectivity index (χ1n) is 4.43. The Morgan fingerprint density at radius 3 is 2.71 bits per heavy atom. The minimum Gasteiger partial charge on any atom is -0.266 e. The molecule has 3 nitrogen and oxygen atoms in total. The van der Waals surface area contributed by atoms with Crippen molar-refractivity contribution in [1.82, 2.24) is 9.78 Å². The Kier molecular flexibility index (Phi) is 3.96. The van der Waals surface area contributed by atoms with Gasteiger partial charge in [-0.2, -0.15) is 5.10 Å². The van der Waals surface area contributed by atoms with E-state index in [2.05, 4.69) is 18.9 Å². The molecule has 1 aromatic heterocycles. The first kappa shape index (κ1) is 11.5. The van der Waals surface area contributed by atoms with Crippen LogP contribution in [0.5, 0.6) is 0 Å². The van der Waals surface area contributed by atoms with Crippen molar-refractivity contribution in [2.24, 2.45) is 5.92 Å². The molecule has 0 aliphatic rings. The fourth-order valence-corrected chi connectivity index (χ4v) is 1.26. The summed E-state index contributed by atoms with van der Waals surface area (Å²) in [5.41, 5.74) is -0.320. The highest BCUT2D eigenvalue weighted by atomic mass is 35.5. The Morgan fingerprint density at radius 2 is 2.14 bits per heavy atom. The van der Waals surface area contributed by atoms with Crippen molar-refractivity contribution in [3.05, 3.63) is 26.6 Å². The van der Waals surface area contributed by atoms with Crippen molar-refractivity contribution in [1.29, 1.82) is 0 Å². The lowest BCUT2D eigenvalue weighted by Crippen LogP contribution is -2.23. The third kappa shape index (κ3) is 2.72. The molecule has 14 heavy (non-hydrogen) atoms. The second kappa shape index (κ2) is 4.80. The van der Waals surface area contributed by atoms with Crippen molar-refractivity contribution in [2.45, 2.75) is 26.8 Å².